The first-order valence-corrected chi connectivity index (χ1v) is 10.1. The molecule has 0 bridgehead atoms. The number of phenolic OH excluding ortho intramolecular Hbond substituents is 1. The Morgan fingerprint density at radius 3 is 2.38 bits per heavy atom. The summed E-state index contributed by atoms with van der Waals surface area (Å²) in [5.74, 6) is 0.0656. The van der Waals surface area contributed by atoms with Gasteiger partial charge in [-0.25, -0.2) is 8.42 Å². The third-order valence-corrected chi connectivity index (χ3v) is 6.97. The van der Waals surface area contributed by atoms with E-state index in [-0.39, 0.29) is 26.6 Å². The Balaban J connectivity index is 1.70. The Kier molecular flexibility index (Phi) is 4.82. The van der Waals surface area contributed by atoms with Crippen molar-refractivity contribution in [3.05, 3.63) is 57.6 Å². The number of aryl methyl sites for hydroxylation is 1. The van der Waals surface area contributed by atoms with Crippen LogP contribution in [0.25, 0.3) is 0 Å². The van der Waals surface area contributed by atoms with Gasteiger partial charge < -0.3 is 5.11 Å². The fourth-order valence-electron chi connectivity index (χ4n) is 3.16. The minimum Gasteiger partial charge on any atom is -0.505 e. The van der Waals surface area contributed by atoms with Crippen molar-refractivity contribution in [2.45, 2.75) is 30.6 Å². The second-order valence-corrected chi connectivity index (χ2v) is 9.31. The number of hydrogen-bond donors (Lipinski definition) is 1. The molecular weight excluding hydrogens is 367 g/mol. The molecule has 2 aromatic carbocycles. The predicted molar refractivity (Wildman–Crippen MR) is 96.8 cm³/mol. The van der Waals surface area contributed by atoms with Crippen molar-refractivity contribution in [2.75, 3.05) is 5.75 Å². The summed E-state index contributed by atoms with van der Waals surface area (Å²) in [5.41, 5.74) is 2.47. The summed E-state index contributed by atoms with van der Waals surface area (Å²) < 4.78 is 25.1. The van der Waals surface area contributed by atoms with Crippen LogP contribution in [0.3, 0.4) is 0 Å². The van der Waals surface area contributed by atoms with E-state index in [0.717, 1.165) is 12.8 Å². The van der Waals surface area contributed by atoms with Gasteiger partial charge in [0.1, 0.15) is 4.90 Å². The van der Waals surface area contributed by atoms with E-state index in [9.17, 15) is 13.5 Å². The van der Waals surface area contributed by atoms with E-state index in [2.05, 4.69) is 24.3 Å². The van der Waals surface area contributed by atoms with Gasteiger partial charge in [0.2, 0.25) is 0 Å². The van der Waals surface area contributed by atoms with Gasteiger partial charge in [0.25, 0.3) is 0 Å². The van der Waals surface area contributed by atoms with Gasteiger partial charge in [-0.1, -0.05) is 53.0 Å². The van der Waals surface area contributed by atoms with Crippen LogP contribution in [0.5, 0.6) is 5.75 Å². The SMILES string of the molecule is Cc1ccc(C2CC(CS(=O)(=O)c3cc(Cl)cc(Cl)c3O)C2)cc1. The predicted octanol–water partition coefficient (Wildman–Crippen LogP) is 4.97. The molecular formula is C18H18Cl2O3S. The summed E-state index contributed by atoms with van der Waals surface area (Å²) in [6.07, 6.45) is 1.66. The molecule has 3 rings (SSSR count). The normalized spacial score (nSPS) is 20.6. The van der Waals surface area contributed by atoms with Gasteiger partial charge in [0.15, 0.2) is 15.6 Å². The molecule has 0 amide bonds. The fourth-order valence-corrected chi connectivity index (χ4v) is 5.56. The number of benzene rings is 2. The zero-order valence-corrected chi connectivity index (χ0v) is 15.5. The van der Waals surface area contributed by atoms with Gasteiger partial charge in [0.05, 0.1) is 10.8 Å². The molecule has 0 radical (unpaired) electrons. The average Bonchev–Trinajstić information content (AvgIpc) is 2.47. The highest BCUT2D eigenvalue weighted by molar-refractivity contribution is 7.91. The topological polar surface area (TPSA) is 54.4 Å². The van der Waals surface area contributed by atoms with E-state index in [4.69, 9.17) is 23.2 Å². The fraction of sp³-hybridized carbons (Fsp3) is 0.333. The van der Waals surface area contributed by atoms with Crippen LogP contribution in [0.4, 0.5) is 0 Å². The first-order chi connectivity index (χ1) is 11.3. The number of sulfone groups is 1. The first-order valence-electron chi connectivity index (χ1n) is 7.73. The molecule has 3 nitrogen and oxygen atoms in total. The van der Waals surface area contributed by atoms with Crippen molar-refractivity contribution in [3.8, 4) is 5.75 Å². The maximum absolute atomic E-state index is 12.6. The van der Waals surface area contributed by atoms with Crippen LogP contribution in [0.15, 0.2) is 41.3 Å². The Bertz CT molecular complexity index is 855. The van der Waals surface area contributed by atoms with Crippen LogP contribution in [0, 0.1) is 12.8 Å². The lowest BCUT2D eigenvalue weighted by Gasteiger charge is -2.35. The largest absolute Gasteiger partial charge is 0.505 e. The number of rotatable bonds is 4. The maximum atomic E-state index is 12.6. The molecule has 0 atom stereocenters. The van der Waals surface area contributed by atoms with Crippen LogP contribution in [-0.4, -0.2) is 19.3 Å². The molecule has 1 aliphatic rings. The van der Waals surface area contributed by atoms with Crippen molar-refractivity contribution >= 4 is 33.0 Å². The van der Waals surface area contributed by atoms with Crippen LogP contribution in [0.2, 0.25) is 10.0 Å². The minimum absolute atomic E-state index is 0.000404. The van der Waals surface area contributed by atoms with E-state index in [1.807, 2.05) is 6.92 Å². The number of phenols is 1. The van der Waals surface area contributed by atoms with E-state index in [1.54, 1.807) is 0 Å². The van der Waals surface area contributed by atoms with Crippen LogP contribution in [-0.2, 0) is 9.84 Å². The number of halogens is 2. The summed E-state index contributed by atoms with van der Waals surface area (Å²) in [7, 11) is -3.63. The zero-order chi connectivity index (χ0) is 17.5. The maximum Gasteiger partial charge on any atom is 0.182 e. The summed E-state index contributed by atoms with van der Waals surface area (Å²) in [6.45, 7) is 2.04. The van der Waals surface area contributed by atoms with Gasteiger partial charge in [-0.15, -0.1) is 0 Å². The van der Waals surface area contributed by atoms with Crippen LogP contribution < -0.4 is 0 Å². The molecule has 0 spiro atoms. The molecule has 0 heterocycles. The summed E-state index contributed by atoms with van der Waals surface area (Å²) in [5, 5.41) is 10.1. The third kappa shape index (κ3) is 3.56. The lowest BCUT2D eigenvalue weighted by molar-refractivity contribution is 0.290. The summed E-state index contributed by atoms with van der Waals surface area (Å²) in [6, 6.07) is 10.9. The number of hydrogen-bond acceptors (Lipinski definition) is 3. The van der Waals surface area contributed by atoms with Crippen LogP contribution >= 0.6 is 23.2 Å². The van der Waals surface area contributed by atoms with Gasteiger partial charge in [-0.3, -0.25) is 0 Å². The zero-order valence-electron chi connectivity index (χ0n) is 13.2. The molecule has 1 aliphatic carbocycles. The van der Waals surface area contributed by atoms with Crippen molar-refractivity contribution in [3.63, 3.8) is 0 Å². The molecule has 1 fully saturated rings. The molecule has 0 aromatic heterocycles. The molecule has 0 unspecified atom stereocenters. The standard InChI is InChI=1S/C18H18Cl2O3S/c1-11-2-4-13(5-3-11)14-6-12(7-14)10-24(22,23)17-9-15(19)8-16(20)18(17)21/h2-5,8-9,12,14,21H,6-7,10H2,1H3. The van der Waals surface area contributed by atoms with E-state index in [1.165, 1.54) is 23.3 Å². The van der Waals surface area contributed by atoms with Crippen molar-refractivity contribution in [1.82, 2.24) is 0 Å². The molecule has 1 saturated carbocycles. The molecule has 128 valence electrons. The summed E-state index contributed by atoms with van der Waals surface area (Å²) in [4.78, 5) is -0.182. The smallest absolute Gasteiger partial charge is 0.182 e. The highest BCUT2D eigenvalue weighted by Crippen LogP contribution is 2.44. The van der Waals surface area contributed by atoms with E-state index in [0.29, 0.717) is 5.92 Å². The minimum atomic E-state index is -3.63. The Hall–Kier alpha value is -1.23. The molecule has 24 heavy (non-hydrogen) atoms. The molecule has 1 N–H and O–H groups in total. The Morgan fingerprint density at radius 1 is 1.12 bits per heavy atom. The third-order valence-electron chi connectivity index (χ3n) is 4.57. The van der Waals surface area contributed by atoms with Gasteiger partial charge in [-0.05, 0) is 49.3 Å². The van der Waals surface area contributed by atoms with Gasteiger partial charge in [-0.2, -0.15) is 0 Å². The highest BCUT2D eigenvalue weighted by Gasteiger charge is 2.35. The van der Waals surface area contributed by atoms with Crippen molar-refractivity contribution < 1.29 is 13.5 Å². The highest BCUT2D eigenvalue weighted by atomic mass is 35.5. The molecule has 2 aromatic rings. The second kappa shape index (κ2) is 6.58. The molecule has 0 saturated heterocycles. The van der Waals surface area contributed by atoms with Crippen molar-refractivity contribution in [2.24, 2.45) is 5.92 Å². The number of aromatic hydroxyl groups is 1. The van der Waals surface area contributed by atoms with Gasteiger partial charge in [0, 0.05) is 5.02 Å². The van der Waals surface area contributed by atoms with Crippen LogP contribution in [0.1, 0.15) is 29.9 Å². The lowest BCUT2D eigenvalue weighted by atomic mass is 9.72. The summed E-state index contributed by atoms with van der Waals surface area (Å²) >= 11 is 11.7. The second-order valence-electron chi connectivity index (χ2n) is 6.46. The lowest BCUT2D eigenvalue weighted by Crippen LogP contribution is -2.28. The first kappa shape index (κ1) is 17.6. The van der Waals surface area contributed by atoms with E-state index < -0.39 is 15.6 Å². The monoisotopic (exact) mass is 384 g/mol. The quantitative estimate of drug-likeness (QED) is 0.808. The molecule has 0 aliphatic heterocycles. The Morgan fingerprint density at radius 2 is 1.75 bits per heavy atom. The van der Waals surface area contributed by atoms with Crippen molar-refractivity contribution in [1.29, 1.82) is 0 Å². The van der Waals surface area contributed by atoms with Gasteiger partial charge >= 0.3 is 0 Å². The average molecular weight is 385 g/mol. The molecule has 6 heteroatoms. The van der Waals surface area contributed by atoms with E-state index >= 15 is 0 Å². The Labute approximate surface area is 152 Å².